The molecule has 0 atom stereocenters. The van der Waals surface area contributed by atoms with Gasteiger partial charge in [-0.05, 0) is 42.2 Å². The molecule has 0 saturated carbocycles. The average molecular weight is 393 g/mol. The van der Waals surface area contributed by atoms with Gasteiger partial charge in [-0.15, -0.1) is 0 Å². The molecule has 1 amide bonds. The van der Waals surface area contributed by atoms with Crippen molar-refractivity contribution in [3.63, 3.8) is 0 Å². The molecule has 0 fully saturated rings. The van der Waals surface area contributed by atoms with E-state index in [-0.39, 0.29) is 5.91 Å². The summed E-state index contributed by atoms with van der Waals surface area (Å²) < 4.78 is 1.78. The molecule has 0 bridgehead atoms. The van der Waals surface area contributed by atoms with Crippen LogP contribution < -0.4 is 5.32 Å². The molecule has 0 spiro atoms. The zero-order chi connectivity index (χ0) is 19.3. The normalized spacial score (nSPS) is 11.0. The predicted octanol–water partition coefficient (Wildman–Crippen LogP) is 5.03. The van der Waals surface area contributed by atoms with Gasteiger partial charge in [-0.2, -0.15) is 5.10 Å². The summed E-state index contributed by atoms with van der Waals surface area (Å²) in [4.78, 5) is 15.5. The van der Waals surface area contributed by atoms with E-state index in [0.717, 1.165) is 23.9 Å². The second kappa shape index (κ2) is 8.31. The van der Waals surface area contributed by atoms with Gasteiger partial charge in [-0.3, -0.25) is 9.48 Å². The summed E-state index contributed by atoms with van der Waals surface area (Å²) in [6.07, 6.45) is 5.99. The molecule has 2 aromatic heterocycles. The molecular weight excluding hydrogens is 372 g/mol. The van der Waals surface area contributed by atoms with E-state index in [1.807, 2.05) is 54.9 Å². The Balaban J connectivity index is 1.28. The lowest BCUT2D eigenvalue weighted by Crippen LogP contribution is -2.12. The van der Waals surface area contributed by atoms with Crippen molar-refractivity contribution in [1.82, 2.24) is 14.8 Å². The standard InChI is InChI=1S/C22H21ClN4O/c23-18-7-3-5-16(13-18)15-27-12-11-21(26-27)25-22(28)10-4-6-17-14-24-20-9-2-1-8-19(17)20/h1-3,5,7-9,11-14,24H,4,6,10,15H2,(H,25,26,28). The van der Waals surface area contributed by atoms with Crippen molar-refractivity contribution >= 4 is 34.2 Å². The van der Waals surface area contributed by atoms with Crippen LogP contribution in [0.15, 0.2) is 67.0 Å². The molecule has 28 heavy (non-hydrogen) atoms. The number of aromatic nitrogens is 3. The van der Waals surface area contributed by atoms with E-state index in [1.54, 1.807) is 4.68 Å². The Morgan fingerprint density at radius 2 is 2.04 bits per heavy atom. The number of benzene rings is 2. The Hall–Kier alpha value is -3.05. The Bertz CT molecular complexity index is 1100. The van der Waals surface area contributed by atoms with Crippen LogP contribution in [0.1, 0.15) is 24.0 Å². The number of hydrogen-bond acceptors (Lipinski definition) is 2. The third kappa shape index (κ3) is 4.43. The highest BCUT2D eigenvalue weighted by atomic mass is 35.5. The van der Waals surface area contributed by atoms with E-state index in [1.165, 1.54) is 10.9 Å². The van der Waals surface area contributed by atoms with Crippen molar-refractivity contribution in [1.29, 1.82) is 0 Å². The van der Waals surface area contributed by atoms with Crippen molar-refractivity contribution < 1.29 is 4.79 Å². The summed E-state index contributed by atoms with van der Waals surface area (Å²) in [5.41, 5.74) is 3.44. The molecule has 0 unspecified atom stereocenters. The maximum Gasteiger partial charge on any atom is 0.225 e. The number of nitrogens with zero attached hydrogens (tertiary/aromatic N) is 2. The molecule has 0 aliphatic heterocycles. The van der Waals surface area contributed by atoms with E-state index in [2.05, 4.69) is 27.5 Å². The SMILES string of the molecule is O=C(CCCc1c[nH]c2ccccc12)Nc1ccn(Cc2cccc(Cl)c2)n1. The highest BCUT2D eigenvalue weighted by molar-refractivity contribution is 6.30. The minimum Gasteiger partial charge on any atom is -0.361 e. The van der Waals surface area contributed by atoms with Crippen molar-refractivity contribution in [2.45, 2.75) is 25.8 Å². The van der Waals surface area contributed by atoms with Crippen molar-refractivity contribution in [3.05, 3.63) is 83.1 Å². The van der Waals surface area contributed by atoms with Crippen LogP contribution in [0.25, 0.3) is 10.9 Å². The molecule has 4 rings (SSSR count). The highest BCUT2D eigenvalue weighted by Crippen LogP contribution is 2.19. The molecule has 0 aliphatic carbocycles. The fraction of sp³-hybridized carbons (Fsp3) is 0.182. The maximum absolute atomic E-state index is 12.2. The first kappa shape index (κ1) is 18.3. The number of anilines is 1. The number of aryl methyl sites for hydroxylation is 1. The Morgan fingerprint density at radius 3 is 2.93 bits per heavy atom. The molecule has 2 aromatic carbocycles. The van der Waals surface area contributed by atoms with Gasteiger partial charge in [-0.1, -0.05) is 41.9 Å². The van der Waals surface area contributed by atoms with Crippen LogP contribution in [0.4, 0.5) is 5.82 Å². The minimum absolute atomic E-state index is 0.0205. The summed E-state index contributed by atoms with van der Waals surface area (Å²) in [7, 11) is 0. The first-order valence-corrected chi connectivity index (χ1v) is 9.68. The molecule has 5 nitrogen and oxygen atoms in total. The van der Waals surface area contributed by atoms with Gasteiger partial charge < -0.3 is 10.3 Å². The molecule has 0 radical (unpaired) electrons. The molecule has 0 saturated heterocycles. The Kier molecular flexibility index (Phi) is 5.44. The topological polar surface area (TPSA) is 62.7 Å². The van der Waals surface area contributed by atoms with Crippen LogP contribution in [0.2, 0.25) is 5.02 Å². The predicted molar refractivity (Wildman–Crippen MR) is 113 cm³/mol. The summed E-state index contributed by atoms with van der Waals surface area (Å²) in [5.74, 6) is 0.548. The first-order valence-electron chi connectivity index (χ1n) is 9.30. The van der Waals surface area contributed by atoms with Gasteiger partial charge in [-0.25, -0.2) is 0 Å². The number of amides is 1. The lowest BCUT2D eigenvalue weighted by atomic mass is 10.1. The van der Waals surface area contributed by atoms with Gasteiger partial charge in [0.2, 0.25) is 5.91 Å². The number of fused-ring (bicyclic) bond motifs is 1. The van der Waals surface area contributed by atoms with Gasteiger partial charge in [0.05, 0.1) is 6.54 Å². The summed E-state index contributed by atoms with van der Waals surface area (Å²) in [6, 6.07) is 17.7. The van der Waals surface area contributed by atoms with Gasteiger partial charge in [0.25, 0.3) is 0 Å². The third-order valence-corrected chi connectivity index (χ3v) is 4.90. The lowest BCUT2D eigenvalue weighted by molar-refractivity contribution is -0.116. The number of rotatable bonds is 7. The van der Waals surface area contributed by atoms with Crippen LogP contribution in [0.3, 0.4) is 0 Å². The molecule has 0 aliphatic rings. The number of carbonyl (C=O) groups excluding carboxylic acids is 1. The molecule has 2 heterocycles. The Labute approximate surface area is 168 Å². The number of hydrogen-bond donors (Lipinski definition) is 2. The van der Waals surface area contributed by atoms with Crippen molar-refractivity contribution in [3.8, 4) is 0 Å². The third-order valence-electron chi connectivity index (χ3n) is 4.67. The van der Waals surface area contributed by atoms with Gasteiger partial charge >= 0.3 is 0 Å². The van der Waals surface area contributed by atoms with Crippen molar-refractivity contribution in [2.24, 2.45) is 0 Å². The lowest BCUT2D eigenvalue weighted by Gasteiger charge is -2.04. The summed E-state index contributed by atoms with van der Waals surface area (Å²) >= 11 is 6.01. The molecule has 142 valence electrons. The van der Waals surface area contributed by atoms with Gasteiger partial charge in [0.15, 0.2) is 5.82 Å². The number of para-hydroxylation sites is 1. The summed E-state index contributed by atoms with van der Waals surface area (Å²) in [5, 5.41) is 9.21. The quantitative estimate of drug-likeness (QED) is 0.463. The maximum atomic E-state index is 12.2. The zero-order valence-electron chi connectivity index (χ0n) is 15.4. The molecule has 4 aromatic rings. The number of carbonyl (C=O) groups is 1. The van der Waals surface area contributed by atoms with E-state index >= 15 is 0 Å². The molecular formula is C22H21ClN4O. The summed E-state index contributed by atoms with van der Waals surface area (Å²) in [6.45, 7) is 0.608. The number of aromatic amines is 1. The van der Waals surface area contributed by atoms with Crippen LogP contribution in [0, 0.1) is 0 Å². The second-order valence-electron chi connectivity index (χ2n) is 6.79. The van der Waals surface area contributed by atoms with Crippen molar-refractivity contribution in [2.75, 3.05) is 5.32 Å². The minimum atomic E-state index is -0.0205. The molecule has 2 N–H and O–H groups in total. The number of H-pyrrole nitrogens is 1. The molecule has 6 heteroatoms. The largest absolute Gasteiger partial charge is 0.361 e. The smallest absolute Gasteiger partial charge is 0.225 e. The second-order valence-corrected chi connectivity index (χ2v) is 7.23. The average Bonchev–Trinajstić information content (AvgIpc) is 3.29. The first-order chi connectivity index (χ1) is 13.7. The number of nitrogens with one attached hydrogen (secondary N) is 2. The van der Waals surface area contributed by atoms with E-state index in [9.17, 15) is 4.79 Å². The van der Waals surface area contributed by atoms with Crippen LogP contribution in [0.5, 0.6) is 0 Å². The van der Waals surface area contributed by atoms with E-state index in [4.69, 9.17) is 11.6 Å². The monoisotopic (exact) mass is 392 g/mol. The van der Waals surface area contributed by atoms with Gasteiger partial charge in [0.1, 0.15) is 0 Å². The fourth-order valence-corrected chi connectivity index (χ4v) is 3.53. The van der Waals surface area contributed by atoms with E-state index in [0.29, 0.717) is 23.8 Å². The van der Waals surface area contributed by atoms with Crippen LogP contribution in [-0.4, -0.2) is 20.7 Å². The van der Waals surface area contributed by atoms with Crippen LogP contribution >= 0.6 is 11.6 Å². The fourth-order valence-electron chi connectivity index (χ4n) is 3.32. The van der Waals surface area contributed by atoms with Gasteiger partial charge in [0, 0.05) is 40.8 Å². The van der Waals surface area contributed by atoms with E-state index < -0.39 is 0 Å². The van der Waals surface area contributed by atoms with Crippen LogP contribution in [-0.2, 0) is 17.8 Å². The highest BCUT2D eigenvalue weighted by Gasteiger charge is 2.08. The zero-order valence-corrected chi connectivity index (χ0v) is 16.1. The number of halogens is 1. The Morgan fingerprint density at radius 1 is 1.14 bits per heavy atom.